The zero-order chi connectivity index (χ0) is 21.9. The van der Waals surface area contributed by atoms with Crippen molar-refractivity contribution in [3.05, 3.63) is 70.9 Å². The molecule has 164 valence electrons. The summed E-state index contributed by atoms with van der Waals surface area (Å²) >= 11 is 0. The molecular weight excluding hydrogens is 400 g/mol. The highest BCUT2D eigenvalue weighted by Crippen LogP contribution is 2.32. The summed E-state index contributed by atoms with van der Waals surface area (Å²) < 4.78 is 5.53. The van der Waals surface area contributed by atoms with Gasteiger partial charge in [-0.1, -0.05) is 49.4 Å². The highest BCUT2D eigenvalue weighted by Gasteiger charge is 2.24. The highest BCUT2D eigenvalue weighted by molar-refractivity contribution is 5.91. The van der Waals surface area contributed by atoms with Gasteiger partial charge in [-0.3, -0.25) is 5.10 Å². The lowest BCUT2D eigenvalue weighted by atomic mass is 10.0. The maximum atomic E-state index is 5.53. The van der Waals surface area contributed by atoms with Gasteiger partial charge in [-0.2, -0.15) is 15.1 Å². The number of methoxy groups -OCH3 is 1. The summed E-state index contributed by atoms with van der Waals surface area (Å²) in [5, 5.41) is 12.1. The van der Waals surface area contributed by atoms with Crippen LogP contribution in [-0.2, 0) is 25.8 Å². The molecule has 7 nitrogen and oxygen atoms in total. The van der Waals surface area contributed by atoms with Gasteiger partial charge in [0.05, 0.1) is 18.2 Å². The van der Waals surface area contributed by atoms with Crippen molar-refractivity contribution >= 4 is 22.8 Å². The predicted molar refractivity (Wildman–Crippen MR) is 127 cm³/mol. The molecule has 32 heavy (non-hydrogen) atoms. The summed E-state index contributed by atoms with van der Waals surface area (Å²) in [6.45, 7) is 4.62. The van der Waals surface area contributed by atoms with E-state index in [1.54, 1.807) is 7.11 Å². The second-order valence-electron chi connectivity index (χ2n) is 8.06. The van der Waals surface area contributed by atoms with Crippen molar-refractivity contribution in [2.24, 2.45) is 0 Å². The first-order valence-corrected chi connectivity index (χ1v) is 11.2. The Morgan fingerprint density at radius 2 is 1.97 bits per heavy atom. The Kier molecular flexibility index (Phi) is 5.62. The van der Waals surface area contributed by atoms with E-state index >= 15 is 0 Å². The Morgan fingerprint density at radius 3 is 2.78 bits per heavy atom. The number of nitrogens with one attached hydrogen (secondary N) is 2. The summed E-state index contributed by atoms with van der Waals surface area (Å²) in [6, 6.07) is 16.7. The normalized spacial score (nSPS) is 12.9. The second kappa shape index (κ2) is 8.86. The van der Waals surface area contributed by atoms with E-state index in [0.29, 0.717) is 5.95 Å². The first-order chi connectivity index (χ1) is 15.8. The quantitative estimate of drug-likeness (QED) is 0.439. The summed E-state index contributed by atoms with van der Waals surface area (Å²) in [4.78, 5) is 11.9. The summed E-state index contributed by atoms with van der Waals surface area (Å²) in [6.07, 6.45) is 2.73. The monoisotopic (exact) mass is 428 g/mol. The van der Waals surface area contributed by atoms with Gasteiger partial charge in [-0.15, -0.1) is 0 Å². The fourth-order valence-corrected chi connectivity index (χ4v) is 4.51. The maximum absolute atomic E-state index is 5.53. The molecule has 0 fully saturated rings. The Labute approximate surface area is 187 Å². The van der Waals surface area contributed by atoms with Crippen LogP contribution < -0.4 is 15.0 Å². The molecule has 0 bridgehead atoms. The second-order valence-corrected chi connectivity index (χ2v) is 8.06. The van der Waals surface area contributed by atoms with Crippen molar-refractivity contribution in [2.45, 2.75) is 32.7 Å². The van der Waals surface area contributed by atoms with Gasteiger partial charge >= 0.3 is 0 Å². The van der Waals surface area contributed by atoms with Crippen LogP contribution in [0.15, 0.2) is 48.5 Å². The molecule has 3 heterocycles. The zero-order valence-corrected chi connectivity index (χ0v) is 18.6. The van der Waals surface area contributed by atoms with Crippen molar-refractivity contribution in [1.29, 1.82) is 0 Å². The molecule has 2 aromatic heterocycles. The van der Waals surface area contributed by atoms with Crippen LogP contribution in [0.2, 0.25) is 0 Å². The van der Waals surface area contributed by atoms with E-state index in [0.717, 1.165) is 67.2 Å². The minimum atomic E-state index is 0.617. The van der Waals surface area contributed by atoms with Gasteiger partial charge in [0, 0.05) is 26.1 Å². The molecule has 1 aliphatic heterocycles. The lowest BCUT2D eigenvalue weighted by molar-refractivity contribution is 0.409. The van der Waals surface area contributed by atoms with Crippen molar-refractivity contribution in [1.82, 2.24) is 20.2 Å². The molecule has 4 aromatic rings. The fraction of sp³-hybridized carbons (Fsp3) is 0.320. The van der Waals surface area contributed by atoms with E-state index in [4.69, 9.17) is 9.72 Å². The molecule has 0 radical (unpaired) electrons. The van der Waals surface area contributed by atoms with Gasteiger partial charge in [0.15, 0.2) is 5.65 Å². The van der Waals surface area contributed by atoms with Crippen molar-refractivity contribution in [3.63, 3.8) is 0 Å². The fourth-order valence-electron chi connectivity index (χ4n) is 4.51. The lowest BCUT2D eigenvalue weighted by Gasteiger charge is -2.28. The number of H-pyrrole nitrogens is 1. The molecule has 0 amide bonds. The Bertz CT molecular complexity index is 1220. The first-order valence-electron chi connectivity index (χ1n) is 11.2. The molecular formula is C25H28N6O. The number of nitrogens with zero attached hydrogens (tertiary/aromatic N) is 4. The van der Waals surface area contributed by atoms with Gasteiger partial charge in [-0.25, -0.2) is 0 Å². The number of anilines is 2. The predicted octanol–water partition coefficient (Wildman–Crippen LogP) is 4.14. The Morgan fingerprint density at radius 1 is 1.09 bits per heavy atom. The van der Waals surface area contributed by atoms with E-state index < -0.39 is 0 Å². The van der Waals surface area contributed by atoms with Crippen LogP contribution in [-0.4, -0.2) is 40.4 Å². The molecule has 0 atom stereocenters. The standard InChI is InChI=1S/C25H28N6O/c1-3-19-18(10-7-11-21(19)32-2)12-14-26-25-27-23-22-20(29-30-23)13-15-31(24(22)28-25)16-17-8-5-4-6-9-17/h4-11H,3,12-16H2,1-2H3,(H2,26,27,28,29,30). The number of aromatic nitrogens is 4. The molecule has 0 saturated carbocycles. The number of benzene rings is 2. The molecule has 0 aliphatic carbocycles. The number of ether oxygens (including phenoxy) is 1. The molecule has 2 N–H and O–H groups in total. The molecule has 7 heteroatoms. The van der Waals surface area contributed by atoms with Crippen molar-refractivity contribution < 1.29 is 4.74 Å². The SMILES string of the molecule is CCc1c(CCNc2nc3c4c([nH]nc4n2)CCN3Cc2ccccc2)cccc1OC. The molecule has 2 aromatic carbocycles. The van der Waals surface area contributed by atoms with Gasteiger partial charge in [0.25, 0.3) is 0 Å². The summed E-state index contributed by atoms with van der Waals surface area (Å²) in [5.41, 5.74) is 5.66. The summed E-state index contributed by atoms with van der Waals surface area (Å²) in [5.74, 6) is 2.52. The number of hydrogen-bond donors (Lipinski definition) is 2. The average Bonchev–Trinajstić information content (AvgIpc) is 3.25. The molecule has 0 unspecified atom stereocenters. The van der Waals surface area contributed by atoms with Gasteiger partial charge < -0.3 is 15.0 Å². The third kappa shape index (κ3) is 3.86. The Balaban J connectivity index is 1.37. The van der Waals surface area contributed by atoms with Gasteiger partial charge in [0.1, 0.15) is 11.6 Å². The van der Waals surface area contributed by atoms with E-state index in [9.17, 15) is 0 Å². The lowest BCUT2D eigenvalue weighted by Crippen LogP contribution is -2.29. The highest BCUT2D eigenvalue weighted by atomic mass is 16.5. The van der Waals surface area contributed by atoms with Crippen LogP contribution in [0.3, 0.4) is 0 Å². The van der Waals surface area contributed by atoms with Gasteiger partial charge in [-0.05, 0) is 35.6 Å². The molecule has 0 saturated heterocycles. The van der Waals surface area contributed by atoms with Crippen molar-refractivity contribution in [2.75, 3.05) is 30.4 Å². The third-order valence-electron chi connectivity index (χ3n) is 6.10. The van der Waals surface area contributed by atoms with Crippen LogP contribution in [0, 0.1) is 0 Å². The van der Waals surface area contributed by atoms with Crippen LogP contribution in [0.4, 0.5) is 11.8 Å². The van der Waals surface area contributed by atoms with E-state index in [1.165, 1.54) is 16.7 Å². The van der Waals surface area contributed by atoms with E-state index in [-0.39, 0.29) is 0 Å². The van der Waals surface area contributed by atoms with E-state index in [2.05, 4.69) is 62.7 Å². The summed E-state index contributed by atoms with van der Waals surface area (Å²) in [7, 11) is 1.73. The van der Waals surface area contributed by atoms with Crippen LogP contribution in [0.5, 0.6) is 5.75 Å². The maximum Gasteiger partial charge on any atom is 0.226 e. The third-order valence-corrected chi connectivity index (χ3v) is 6.10. The zero-order valence-electron chi connectivity index (χ0n) is 18.6. The number of aromatic amines is 1. The minimum absolute atomic E-state index is 0.617. The first kappa shape index (κ1) is 20.3. The van der Waals surface area contributed by atoms with Crippen LogP contribution in [0.25, 0.3) is 11.0 Å². The number of hydrogen-bond acceptors (Lipinski definition) is 6. The smallest absolute Gasteiger partial charge is 0.226 e. The minimum Gasteiger partial charge on any atom is -0.496 e. The average molecular weight is 429 g/mol. The molecule has 5 rings (SSSR count). The van der Waals surface area contributed by atoms with Crippen LogP contribution in [0.1, 0.15) is 29.3 Å². The largest absolute Gasteiger partial charge is 0.496 e. The van der Waals surface area contributed by atoms with E-state index in [1.807, 2.05) is 18.2 Å². The van der Waals surface area contributed by atoms with Gasteiger partial charge in [0.2, 0.25) is 5.95 Å². The Hall–Kier alpha value is -3.61. The molecule has 0 spiro atoms. The number of rotatable bonds is 8. The van der Waals surface area contributed by atoms with Crippen molar-refractivity contribution in [3.8, 4) is 5.75 Å². The molecule has 1 aliphatic rings. The topological polar surface area (TPSA) is 79.0 Å². The van der Waals surface area contributed by atoms with Crippen LogP contribution >= 0.6 is 0 Å².